The van der Waals surface area contributed by atoms with Gasteiger partial charge in [-0.2, -0.15) is 0 Å². The van der Waals surface area contributed by atoms with Crippen LogP contribution in [-0.4, -0.2) is 17.8 Å². The van der Waals surface area contributed by atoms with Gasteiger partial charge in [-0.1, -0.05) is 32.6 Å². The van der Waals surface area contributed by atoms with Crippen LogP contribution in [-0.2, 0) is 4.79 Å². The molecule has 0 bridgehead atoms. The van der Waals surface area contributed by atoms with Crippen molar-refractivity contribution in [3.63, 3.8) is 0 Å². The van der Waals surface area contributed by atoms with E-state index in [-0.39, 0.29) is 11.3 Å². The highest BCUT2D eigenvalue weighted by Crippen LogP contribution is 2.26. The van der Waals surface area contributed by atoms with Gasteiger partial charge in [-0.05, 0) is 25.2 Å². The first-order valence-corrected chi connectivity index (χ1v) is 7.06. The standard InChI is InChI=1S/C13H24ClNO/c1-2-6-12(14)10-15-13(16)9-11-7-4-3-5-8-11/h11-12H,2-10H2,1H3,(H,15,16). The second kappa shape index (κ2) is 7.94. The Bertz CT molecular complexity index is 202. The molecule has 1 amide bonds. The summed E-state index contributed by atoms with van der Waals surface area (Å²) >= 11 is 6.05. The van der Waals surface area contributed by atoms with Gasteiger partial charge in [0.2, 0.25) is 5.91 Å². The molecule has 1 saturated carbocycles. The minimum Gasteiger partial charge on any atom is -0.355 e. The highest BCUT2D eigenvalue weighted by atomic mass is 35.5. The summed E-state index contributed by atoms with van der Waals surface area (Å²) in [5.41, 5.74) is 0. The third-order valence-electron chi connectivity index (χ3n) is 3.32. The number of nitrogens with one attached hydrogen (secondary N) is 1. The smallest absolute Gasteiger partial charge is 0.220 e. The summed E-state index contributed by atoms with van der Waals surface area (Å²) in [5.74, 6) is 0.808. The van der Waals surface area contributed by atoms with Crippen LogP contribution in [0.2, 0.25) is 0 Å². The van der Waals surface area contributed by atoms with Gasteiger partial charge in [-0.15, -0.1) is 11.6 Å². The minimum absolute atomic E-state index is 0.0975. The van der Waals surface area contributed by atoms with Gasteiger partial charge in [-0.3, -0.25) is 4.79 Å². The van der Waals surface area contributed by atoms with Crippen molar-refractivity contribution in [3.05, 3.63) is 0 Å². The Balaban J connectivity index is 2.10. The van der Waals surface area contributed by atoms with E-state index in [1.54, 1.807) is 0 Å². The molecule has 0 heterocycles. The molecular formula is C13H24ClNO. The van der Waals surface area contributed by atoms with Crippen LogP contribution in [0.4, 0.5) is 0 Å². The number of hydrogen-bond acceptors (Lipinski definition) is 1. The molecule has 1 unspecified atom stereocenters. The molecule has 1 atom stereocenters. The zero-order valence-electron chi connectivity index (χ0n) is 10.3. The Labute approximate surface area is 104 Å². The van der Waals surface area contributed by atoms with Crippen LogP contribution in [0, 0.1) is 5.92 Å². The summed E-state index contributed by atoms with van der Waals surface area (Å²) in [6, 6.07) is 0. The van der Waals surface area contributed by atoms with Gasteiger partial charge in [0.25, 0.3) is 0 Å². The van der Waals surface area contributed by atoms with E-state index in [4.69, 9.17) is 11.6 Å². The lowest BCUT2D eigenvalue weighted by molar-refractivity contribution is -0.122. The number of rotatable bonds is 6. The van der Waals surface area contributed by atoms with Crippen LogP contribution in [0.3, 0.4) is 0 Å². The van der Waals surface area contributed by atoms with Crippen LogP contribution >= 0.6 is 11.6 Å². The van der Waals surface area contributed by atoms with Gasteiger partial charge in [0.05, 0.1) is 5.38 Å². The highest BCUT2D eigenvalue weighted by Gasteiger charge is 2.17. The van der Waals surface area contributed by atoms with Crippen LogP contribution in [0.25, 0.3) is 0 Å². The summed E-state index contributed by atoms with van der Waals surface area (Å²) in [6.07, 6.45) is 9.16. The van der Waals surface area contributed by atoms with Crippen LogP contribution in [0.15, 0.2) is 0 Å². The summed E-state index contributed by atoms with van der Waals surface area (Å²) in [5, 5.41) is 3.04. The Morgan fingerprint density at radius 3 is 2.69 bits per heavy atom. The molecule has 0 saturated heterocycles. The molecule has 0 aromatic rings. The van der Waals surface area contributed by atoms with E-state index >= 15 is 0 Å². The molecule has 16 heavy (non-hydrogen) atoms. The molecule has 1 aliphatic carbocycles. The lowest BCUT2D eigenvalue weighted by Crippen LogP contribution is -2.31. The van der Waals surface area contributed by atoms with Gasteiger partial charge in [0.15, 0.2) is 0 Å². The Hall–Kier alpha value is -0.240. The van der Waals surface area contributed by atoms with Gasteiger partial charge < -0.3 is 5.32 Å². The normalized spacial score (nSPS) is 19.4. The first kappa shape index (κ1) is 13.8. The van der Waals surface area contributed by atoms with Gasteiger partial charge in [0.1, 0.15) is 0 Å². The summed E-state index contributed by atoms with van der Waals surface area (Å²) in [7, 11) is 0. The number of carbonyl (C=O) groups excluding carboxylic acids is 1. The quantitative estimate of drug-likeness (QED) is 0.714. The average molecular weight is 246 g/mol. The van der Waals surface area contributed by atoms with Gasteiger partial charge >= 0.3 is 0 Å². The maximum Gasteiger partial charge on any atom is 0.220 e. The number of alkyl halides is 1. The van der Waals surface area contributed by atoms with Crippen molar-refractivity contribution >= 4 is 17.5 Å². The van der Waals surface area contributed by atoms with E-state index in [0.717, 1.165) is 12.8 Å². The Morgan fingerprint density at radius 1 is 1.38 bits per heavy atom. The summed E-state index contributed by atoms with van der Waals surface area (Å²) in [4.78, 5) is 11.7. The molecule has 2 nitrogen and oxygen atoms in total. The predicted octanol–water partition coefficient (Wildman–Crippen LogP) is 3.48. The molecule has 3 heteroatoms. The number of halogens is 1. The fraction of sp³-hybridized carbons (Fsp3) is 0.923. The Morgan fingerprint density at radius 2 is 2.06 bits per heavy atom. The third kappa shape index (κ3) is 5.74. The molecule has 0 aliphatic heterocycles. The van der Waals surface area contributed by atoms with E-state index in [9.17, 15) is 4.79 Å². The first-order chi connectivity index (χ1) is 7.72. The van der Waals surface area contributed by atoms with Crippen molar-refractivity contribution < 1.29 is 4.79 Å². The molecule has 1 rings (SSSR count). The lowest BCUT2D eigenvalue weighted by atomic mass is 9.87. The van der Waals surface area contributed by atoms with Crippen molar-refractivity contribution in [1.29, 1.82) is 0 Å². The van der Waals surface area contributed by atoms with E-state index in [1.807, 2.05) is 0 Å². The third-order valence-corrected chi connectivity index (χ3v) is 3.69. The van der Waals surface area contributed by atoms with Crippen LogP contribution in [0.1, 0.15) is 58.3 Å². The molecule has 0 aromatic carbocycles. The highest BCUT2D eigenvalue weighted by molar-refractivity contribution is 6.20. The molecule has 1 aliphatic rings. The molecular weight excluding hydrogens is 222 g/mol. The molecule has 0 aromatic heterocycles. The second-order valence-electron chi connectivity index (χ2n) is 4.90. The van der Waals surface area contributed by atoms with Gasteiger partial charge in [0, 0.05) is 13.0 Å². The van der Waals surface area contributed by atoms with Crippen molar-refractivity contribution in [3.8, 4) is 0 Å². The van der Waals surface area contributed by atoms with Crippen molar-refractivity contribution in [2.24, 2.45) is 5.92 Å². The monoisotopic (exact) mass is 245 g/mol. The van der Waals surface area contributed by atoms with Crippen LogP contribution in [0.5, 0.6) is 0 Å². The van der Waals surface area contributed by atoms with Crippen molar-refractivity contribution in [2.75, 3.05) is 6.54 Å². The molecule has 0 spiro atoms. The molecule has 0 radical (unpaired) electrons. The minimum atomic E-state index is 0.0975. The molecule has 1 fully saturated rings. The van der Waals surface area contributed by atoms with Crippen molar-refractivity contribution in [2.45, 2.75) is 63.7 Å². The topological polar surface area (TPSA) is 29.1 Å². The van der Waals surface area contributed by atoms with E-state index in [1.165, 1.54) is 32.1 Å². The predicted molar refractivity (Wildman–Crippen MR) is 68.8 cm³/mol. The Kier molecular flexibility index (Phi) is 6.86. The summed E-state index contributed by atoms with van der Waals surface area (Å²) < 4.78 is 0. The SMILES string of the molecule is CCCC(Cl)CNC(=O)CC1CCCCC1. The molecule has 1 N–H and O–H groups in total. The van der Waals surface area contributed by atoms with E-state index < -0.39 is 0 Å². The zero-order valence-corrected chi connectivity index (χ0v) is 11.1. The van der Waals surface area contributed by atoms with Gasteiger partial charge in [-0.25, -0.2) is 0 Å². The van der Waals surface area contributed by atoms with Crippen molar-refractivity contribution in [1.82, 2.24) is 5.32 Å². The number of carbonyl (C=O) groups is 1. The van der Waals surface area contributed by atoms with E-state index in [2.05, 4.69) is 12.2 Å². The van der Waals surface area contributed by atoms with E-state index in [0.29, 0.717) is 18.9 Å². The fourth-order valence-electron chi connectivity index (χ4n) is 2.37. The number of amides is 1. The second-order valence-corrected chi connectivity index (χ2v) is 5.52. The van der Waals surface area contributed by atoms with Crippen LogP contribution < -0.4 is 5.32 Å². The maximum absolute atomic E-state index is 11.7. The largest absolute Gasteiger partial charge is 0.355 e. The maximum atomic E-state index is 11.7. The molecule has 94 valence electrons. The zero-order chi connectivity index (χ0) is 11.8. The lowest BCUT2D eigenvalue weighted by Gasteiger charge is -2.21. The number of hydrogen-bond donors (Lipinski definition) is 1. The average Bonchev–Trinajstić information content (AvgIpc) is 2.28. The first-order valence-electron chi connectivity index (χ1n) is 6.63. The summed E-state index contributed by atoms with van der Waals surface area (Å²) in [6.45, 7) is 2.74. The fourth-order valence-corrected chi connectivity index (χ4v) is 2.66.